The molecule has 55 heavy (non-hydrogen) atoms. The molecule has 0 N–H and O–H groups in total. The topological polar surface area (TPSA) is 16.4 Å². The molecular formula is C52H35NOS. The lowest BCUT2D eigenvalue weighted by atomic mass is 9.67. The Hall–Kier alpha value is -6.29. The molecule has 2 aliphatic carbocycles. The van der Waals surface area contributed by atoms with Crippen LogP contribution in [-0.4, -0.2) is 0 Å². The van der Waals surface area contributed by atoms with Gasteiger partial charge in [0.1, 0.15) is 11.2 Å². The highest BCUT2D eigenvalue weighted by atomic mass is 32.2. The van der Waals surface area contributed by atoms with Crippen molar-refractivity contribution in [1.82, 2.24) is 0 Å². The minimum Gasteiger partial charge on any atom is -0.456 e. The Bertz CT molecular complexity index is 3020. The summed E-state index contributed by atoms with van der Waals surface area (Å²) < 4.78 is 7.00. The van der Waals surface area contributed by atoms with E-state index < -0.39 is 5.41 Å². The van der Waals surface area contributed by atoms with E-state index in [1.54, 1.807) is 0 Å². The van der Waals surface area contributed by atoms with Gasteiger partial charge >= 0.3 is 0 Å². The van der Waals surface area contributed by atoms with E-state index in [9.17, 15) is 0 Å². The van der Waals surface area contributed by atoms with Gasteiger partial charge in [-0.1, -0.05) is 147 Å². The van der Waals surface area contributed by atoms with E-state index in [1.807, 2.05) is 11.8 Å². The fourth-order valence-corrected chi connectivity index (χ4v) is 11.4. The molecular weight excluding hydrogens is 687 g/mol. The van der Waals surface area contributed by atoms with E-state index in [2.05, 4.69) is 195 Å². The summed E-state index contributed by atoms with van der Waals surface area (Å²) >= 11 is 1.88. The summed E-state index contributed by atoms with van der Waals surface area (Å²) in [5.41, 5.74) is 17.7. The molecule has 2 nitrogen and oxygen atoms in total. The summed E-state index contributed by atoms with van der Waals surface area (Å²) in [6, 6.07) is 64.9. The third-order valence-electron chi connectivity index (χ3n) is 12.5. The fourth-order valence-electron chi connectivity index (χ4n) is 10.2. The number of fused-ring (bicyclic) bond motifs is 15. The molecule has 2 heterocycles. The van der Waals surface area contributed by atoms with Crippen LogP contribution in [0.4, 0.5) is 17.1 Å². The third kappa shape index (κ3) is 4.01. The van der Waals surface area contributed by atoms with Gasteiger partial charge in [0.05, 0.1) is 22.2 Å². The van der Waals surface area contributed by atoms with Crippen LogP contribution in [0.2, 0.25) is 0 Å². The molecule has 0 radical (unpaired) electrons. The van der Waals surface area contributed by atoms with Crippen molar-refractivity contribution in [2.75, 3.05) is 4.90 Å². The first-order valence-electron chi connectivity index (χ1n) is 19.1. The quantitative estimate of drug-likeness (QED) is 0.181. The maximum Gasteiger partial charge on any atom is 0.137 e. The van der Waals surface area contributed by atoms with Crippen LogP contribution in [0, 0.1) is 0 Å². The van der Waals surface area contributed by atoms with Crippen LogP contribution in [0.15, 0.2) is 190 Å². The first-order chi connectivity index (χ1) is 27.0. The van der Waals surface area contributed by atoms with Gasteiger partial charge in [0.25, 0.3) is 0 Å². The maximum atomic E-state index is 7.00. The number of para-hydroxylation sites is 1. The lowest BCUT2D eigenvalue weighted by Gasteiger charge is -2.39. The van der Waals surface area contributed by atoms with Crippen LogP contribution in [0.1, 0.15) is 47.2 Å². The summed E-state index contributed by atoms with van der Waals surface area (Å²) in [5, 5.41) is 2.24. The van der Waals surface area contributed by atoms with Crippen LogP contribution in [0.3, 0.4) is 0 Å². The zero-order valence-corrected chi connectivity index (χ0v) is 31.3. The fraction of sp³-hybridized carbons (Fsp3) is 0.0769. The Balaban J connectivity index is 1.16. The Kier molecular flexibility index (Phi) is 6.29. The second-order valence-corrected chi connectivity index (χ2v) is 16.7. The molecule has 0 saturated heterocycles. The summed E-state index contributed by atoms with van der Waals surface area (Å²) in [6.07, 6.45) is 0. The van der Waals surface area contributed by atoms with E-state index in [4.69, 9.17) is 4.42 Å². The predicted molar refractivity (Wildman–Crippen MR) is 227 cm³/mol. The molecule has 260 valence electrons. The Morgan fingerprint density at radius 2 is 1.05 bits per heavy atom. The summed E-state index contributed by atoms with van der Waals surface area (Å²) in [4.78, 5) is 5.06. The molecule has 3 aliphatic rings. The van der Waals surface area contributed by atoms with Gasteiger partial charge in [-0.15, -0.1) is 0 Å². The molecule has 9 aromatic rings. The zero-order chi connectivity index (χ0) is 36.5. The standard InChI is InChI=1S/C52H35NOS/c1-51(2)37-20-8-7-19-34(37)49-41(51)24-14-25-43(49)53(32-16-4-3-5-17-32)44-26-15-27-45-50(44)36-30-35-33-18-6-9-21-38(33)52(42(35)31-46(36)54-45)39-22-10-12-28-47(39)55-48-29-13-11-23-40(48)52/h3-31H,1-2H3. The second kappa shape index (κ2) is 11.1. The number of benzene rings is 8. The van der Waals surface area contributed by atoms with Crippen LogP contribution in [-0.2, 0) is 10.8 Å². The van der Waals surface area contributed by atoms with Gasteiger partial charge in [0, 0.05) is 31.8 Å². The van der Waals surface area contributed by atoms with Crippen molar-refractivity contribution in [2.24, 2.45) is 0 Å². The van der Waals surface area contributed by atoms with Crippen molar-refractivity contribution >= 4 is 50.8 Å². The molecule has 1 aromatic heterocycles. The molecule has 0 fully saturated rings. The van der Waals surface area contributed by atoms with E-state index in [0.29, 0.717) is 0 Å². The van der Waals surface area contributed by atoms with Gasteiger partial charge in [-0.2, -0.15) is 0 Å². The van der Waals surface area contributed by atoms with E-state index >= 15 is 0 Å². The first-order valence-corrected chi connectivity index (χ1v) is 19.9. The lowest BCUT2D eigenvalue weighted by molar-refractivity contribution is 0.660. The van der Waals surface area contributed by atoms with Crippen molar-refractivity contribution in [2.45, 2.75) is 34.5 Å². The largest absolute Gasteiger partial charge is 0.456 e. The summed E-state index contributed by atoms with van der Waals surface area (Å²) in [7, 11) is 0. The average Bonchev–Trinajstić information content (AvgIpc) is 3.82. The normalized spacial score (nSPS) is 14.9. The van der Waals surface area contributed by atoms with Crippen molar-refractivity contribution in [1.29, 1.82) is 0 Å². The van der Waals surface area contributed by atoms with Crippen molar-refractivity contribution in [3.05, 3.63) is 209 Å². The van der Waals surface area contributed by atoms with E-state index in [1.165, 1.54) is 71.1 Å². The molecule has 0 bridgehead atoms. The van der Waals surface area contributed by atoms with Crippen LogP contribution in [0.5, 0.6) is 0 Å². The van der Waals surface area contributed by atoms with Gasteiger partial charge < -0.3 is 9.32 Å². The molecule has 12 rings (SSSR count). The second-order valence-electron chi connectivity index (χ2n) is 15.6. The van der Waals surface area contributed by atoms with Crippen molar-refractivity contribution < 1.29 is 4.42 Å². The molecule has 0 unspecified atom stereocenters. The third-order valence-corrected chi connectivity index (χ3v) is 13.7. The summed E-state index contributed by atoms with van der Waals surface area (Å²) in [5.74, 6) is 0. The Labute approximate surface area is 324 Å². The van der Waals surface area contributed by atoms with Gasteiger partial charge in [0.15, 0.2) is 0 Å². The lowest BCUT2D eigenvalue weighted by Crippen LogP contribution is -2.31. The highest BCUT2D eigenvalue weighted by Gasteiger charge is 2.50. The van der Waals surface area contributed by atoms with Crippen molar-refractivity contribution in [3.8, 4) is 22.3 Å². The number of hydrogen-bond acceptors (Lipinski definition) is 3. The van der Waals surface area contributed by atoms with E-state index in [-0.39, 0.29) is 5.41 Å². The zero-order valence-electron chi connectivity index (χ0n) is 30.5. The predicted octanol–water partition coefficient (Wildman–Crippen LogP) is 14.2. The minimum atomic E-state index is -0.457. The Morgan fingerprint density at radius 3 is 1.82 bits per heavy atom. The van der Waals surface area contributed by atoms with Crippen LogP contribution >= 0.6 is 11.8 Å². The molecule has 0 atom stereocenters. The van der Waals surface area contributed by atoms with E-state index in [0.717, 1.165) is 33.3 Å². The highest BCUT2D eigenvalue weighted by molar-refractivity contribution is 7.99. The van der Waals surface area contributed by atoms with Gasteiger partial charge in [-0.3, -0.25) is 0 Å². The van der Waals surface area contributed by atoms with Gasteiger partial charge in [-0.25, -0.2) is 0 Å². The first kappa shape index (κ1) is 31.1. The Morgan fingerprint density at radius 1 is 0.455 bits per heavy atom. The molecule has 3 heteroatoms. The number of hydrogen-bond donors (Lipinski definition) is 0. The van der Waals surface area contributed by atoms with Gasteiger partial charge in [0.2, 0.25) is 0 Å². The highest BCUT2D eigenvalue weighted by Crippen LogP contribution is 2.63. The van der Waals surface area contributed by atoms with Crippen molar-refractivity contribution in [3.63, 3.8) is 0 Å². The SMILES string of the molecule is CC1(C)c2ccccc2-c2c(N(c3ccccc3)c3cccc4oc5cc6c(cc5c34)-c3ccccc3C63c4ccccc4Sc4ccccc43)cccc21. The molecule has 8 aromatic carbocycles. The summed E-state index contributed by atoms with van der Waals surface area (Å²) in [6.45, 7) is 4.71. The number of furan rings is 1. The van der Waals surface area contributed by atoms with Gasteiger partial charge in [-0.05, 0) is 105 Å². The molecule has 0 amide bonds. The number of rotatable bonds is 3. The van der Waals surface area contributed by atoms with Crippen LogP contribution < -0.4 is 4.90 Å². The maximum absolute atomic E-state index is 7.00. The smallest absolute Gasteiger partial charge is 0.137 e. The monoisotopic (exact) mass is 721 g/mol. The van der Waals surface area contributed by atoms with Crippen LogP contribution in [0.25, 0.3) is 44.2 Å². The molecule has 1 spiro atoms. The average molecular weight is 722 g/mol. The minimum absolute atomic E-state index is 0.114. The molecule has 1 aliphatic heterocycles. The number of anilines is 3. The molecule has 0 saturated carbocycles. The number of nitrogens with zero attached hydrogens (tertiary/aromatic N) is 1.